The van der Waals surface area contributed by atoms with Crippen LogP contribution in [-0.4, -0.2) is 26.4 Å². The van der Waals surface area contributed by atoms with Crippen molar-refractivity contribution in [1.29, 1.82) is 0 Å². The Labute approximate surface area is 111 Å². The first kappa shape index (κ1) is 13.1. The van der Waals surface area contributed by atoms with E-state index in [1.807, 2.05) is 6.07 Å². The van der Waals surface area contributed by atoms with Gasteiger partial charge in [0.05, 0.1) is 5.69 Å². The molecule has 2 rings (SSSR count). The van der Waals surface area contributed by atoms with Gasteiger partial charge in [-0.15, -0.1) is 0 Å². The topological polar surface area (TPSA) is 64.4 Å². The van der Waals surface area contributed by atoms with Crippen molar-refractivity contribution in [2.24, 2.45) is 0 Å². The number of rotatable bonds is 1. The number of benzene rings is 1. The third-order valence-corrected chi connectivity index (χ3v) is 2.33. The molecule has 0 atom stereocenters. The van der Waals surface area contributed by atoms with E-state index in [9.17, 15) is 9.90 Å². The third-order valence-electron chi connectivity index (χ3n) is 2.33. The third kappa shape index (κ3) is 3.34. The zero-order valence-electron chi connectivity index (χ0n) is 11.1. The molecule has 0 radical (unpaired) electrons. The second kappa shape index (κ2) is 4.76. The largest absolute Gasteiger partial charge is 0.508 e. The zero-order valence-corrected chi connectivity index (χ0v) is 11.1. The SMILES string of the molecule is CC(C)(C)OC(=O)n1cnc(-c2cccc(O)c2)c1. The second-order valence-electron chi connectivity index (χ2n) is 5.20. The molecule has 5 nitrogen and oxygen atoms in total. The van der Waals surface area contributed by atoms with E-state index in [4.69, 9.17) is 4.74 Å². The zero-order chi connectivity index (χ0) is 14.0. The normalized spacial score (nSPS) is 11.3. The molecule has 0 amide bonds. The Morgan fingerprint density at radius 2 is 2.11 bits per heavy atom. The molecule has 0 aliphatic carbocycles. The van der Waals surface area contributed by atoms with Gasteiger partial charge in [-0.25, -0.2) is 14.3 Å². The number of aromatic nitrogens is 2. The van der Waals surface area contributed by atoms with Crippen LogP contribution in [0.3, 0.4) is 0 Å². The van der Waals surface area contributed by atoms with E-state index in [1.54, 1.807) is 45.2 Å². The number of ether oxygens (including phenoxy) is 1. The van der Waals surface area contributed by atoms with E-state index >= 15 is 0 Å². The van der Waals surface area contributed by atoms with E-state index < -0.39 is 11.7 Å². The van der Waals surface area contributed by atoms with Gasteiger partial charge in [0.25, 0.3) is 0 Å². The molecule has 0 saturated carbocycles. The number of carbonyl (C=O) groups is 1. The van der Waals surface area contributed by atoms with Gasteiger partial charge < -0.3 is 9.84 Å². The summed E-state index contributed by atoms with van der Waals surface area (Å²) in [5, 5.41) is 9.42. The van der Waals surface area contributed by atoms with Crippen molar-refractivity contribution < 1.29 is 14.6 Å². The van der Waals surface area contributed by atoms with Crippen LogP contribution in [0.25, 0.3) is 11.3 Å². The van der Waals surface area contributed by atoms with Crippen LogP contribution >= 0.6 is 0 Å². The van der Waals surface area contributed by atoms with E-state index in [0.29, 0.717) is 5.69 Å². The van der Waals surface area contributed by atoms with Crippen LogP contribution in [0.1, 0.15) is 20.8 Å². The lowest BCUT2D eigenvalue weighted by Crippen LogP contribution is -2.26. The average Bonchev–Trinajstić information content (AvgIpc) is 2.75. The Kier molecular flexibility index (Phi) is 3.29. The van der Waals surface area contributed by atoms with Crippen LogP contribution < -0.4 is 0 Å². The lowest BCUT2D eigenvalue weighted by molar-refractivity contribution is 0.0536. The summed E-state index contributed by atoms with van der Waals surface area (Å²) < 4.78 is 6.51. The highest BCUT2D eigenvalue weighted by molar-refractivity contribution is 5.73. The number of carbonyl (C=O) groups excluding carboxylic acids is 1. The summed E-state index contributed by atoms with van der Waals surface area (Å²) in [4.78, 5) is 16.0. The fourth-order valence-electron chi connectivity index (χ4n) is 1.55. The number of nitrogens with zero attached hydrogens (tertiary/aromatic N) is 2. The fourth-order valence-corrected chi connectivity index (χ4v) is 1.55. The monoisotopic (exact) mass is 260 g/mol. The van der Waals surface area contributed by atoms with Gasteiger partial charge in [0.2, 0.25) is 0 Å². The Bertz CT molecular complexity index is 597. The van der Waals surface area contributed by atoms with Crippen molar-refractivity contribution in [1.82, 2.24) is 9.55 Å². The highest BCUT2D eigenvalue weighted by Crippen LogP contribution is 2.21. The number of phenolic OH excluding ortho intramolecular Hbond substituents is 1. The molecular formula is C14H16N2O3. The summed E-state index contributed by atoms with van der Waals surface area (Å²) in [6.45, 7) is 5.41. The predicted molar refractivity (Wildman–Crippen MR) is 71.0 cm³/mol. The predicted octanol–water partition coefficient (Wildman–Crippen LogP) is 3.04. The summed E-state index contributed by atoms with van der Waals surface area (Å²) in [6.07, 6.45) is 2.49. The van der Waals surface area contributed by atoms with Crippen LogP contribution in [0, 0.1) is 0 Å². The minimum absolute atomic E-state index is 0.157. The Balaban J connectivity index is 2.22. The minimum atomic E-state index is -0.549. The van der Waals surface area contributed by atoms with Gasteiger partial charge in [-0.3, -0.25) is 0 Å². The summed E-state index contributed by atoms with van der Waals surface area (Å²) in [7, 11) is 0. The van der Waals surface area contributed by atoms with Crippen molar-refractivity contribution in [3.05, 3.63) is 36.8 Å². The first-order valence-electron chi connectivity index (χ1n) is 5.92. The van der Waals surface area contributed by atoms with Gasteiger partial charge >= 0.3 is 6.09 Å². The average molecular weight is 260 g/mol. The van der Waals surface area contributed by atoms with Gasteiger partial charge in [-0.1, -0.05) is 12.1 Å². The van der Waals surface area contributed by atoms with Crippen LogP contribution in [-0.2, 0) is 4.74 Å². The van der Waals surface area contributed by atoms with Crippen molar-refractivity contribution in [2.75, 3.05) is 0 Å². The molecule has 0 fully saturated rings. The molecule has 100 valence electrons. The molecule has 1 aromatic carbocycles. The van der Waals surface area contributed by atoms with Crippen molar-refractivity contribution in [3.8, 4) is 17.0 Å². The van der Waals surface area contributed by atoms with E-state index in [-0.39, 0.29) is 5.75 Å². The lowest BCUT2D eigenvalue weighted by Gasteiger charge is -2.19. The molecule has 1 heterocycles. The van der Waals surface area contributed by atoms with Gasteiger partial charge in [0.15, 0.2) is 0 Å². The van der Waals surface area contributed by atoms with E-state index in [2.05, 4.69) is 4.98 Å². The first-order valence-corrected chi connectivity index (χ1v) is 5.92. The number of hydrogen-bond donors (Lipinski definition) is 1. The number of hydrogen-bond acceptors (Lipinski definition) is 4. The molecule has 19 heavy (non-hydrogen) atoms. The van der Waals surface area contributed by atoms with Crippen molar-refractivity contribution >= 4 is 6.09 Å². The smallest absolute Gasteiger partial charge is 0.419 e. The van der Waals surface area contributed by atoms with Gasteiger partial charge in [0, 0.05) is 11.8 Å². The van der Waals surface area contributed by atoms with Gasteiger partial charge in [-0.2, -0.15) is 0 Å². The molecule has 1 aromatic heterocycles. The summed E-state index contributed by atoms with van der Waals surface area (Å²) >= 11 is 0. The molecule has 5 heteroatoms. The van der Waals surface area contributed by atoms with E-state index in [1.165, 1.54) is 10.9 Å². The molecule has 0 spiro atoms. The number of imidazole rings is 1. The molecule has 0 aliphatic heterocycles. The van der Waals surface area contributed by atoms with Crippen LogP contribution in [0.5, 0.6) is 5.75 Å². The molecule has 1 N–H and O–H groups in total. The number of aromatic hydroxyl groups is 1. The van der Waals surface area contributed by atoms with Crippen LogP contribution in [0.15, 0.2) is 36.8 Å². The maximum absolute atomic E-state index is 11.8. The van der Waals surface area contributed by atoms with Gasteiger partial charge in [-0.05, 0) is 32.9 Å². The van der Waals surface area contributed by atoms with Gasteiger partial charge in [0.1, 0.15) is 17.7 Å². The second-order valence-corrected chi connectivity index (χ2v) is 5.20. The summed E-state index contributed by atoms with van der Waals surface area (Å²) in [5.41, 5.74) is 0.788. The fraction of sp³-hybridized carbons (Fsp3) is 0.286. The Morgan fingerprint density at radius 1 is 1.37 bits per heavy atom. The lowest BCUT2D eigenvalue weighted by atomic mass is 10.1. The molecule has 0 bridgehead atoms. The highest BCUT2D eigenvalue weighted by Gasteiger charge is 2.18. The summed E-state index contributed by atoms with van der Waals surface area (Å²) in [6, 6.07) is 6.69. The highest BCUT2D eigenvalue weighted by atomic mass is 16.6. The first-order chi connectivity index (χ1) is 8.85. The standard InChI is InChI=1S/C14H16N2O3/c1-14(2,3)19-13(18)16-8-12(15-9-16)10-5-4-6-11(17)7-10/h4-9,17H,1-3H3. The molecule has 2 aromatic rings. The molecule has 0 aliphatic rings. The quantitative estimate of drug-likeness (QED) is 0.856. The van der Waals surface area contributed by atoms with E-state index in [0.717, 1.165) is 5.56 Å². The Morgan fingerprint density at radius 3 is 2.74 bits per heavy atom. The molecule has 0 saturated heterocycles. The number of phenols is 1. The minimum Gasteiger partial charge on any atom is -0.508 e. The maximum Gasteiger partial charge on any atom is 0.419 e. The summed E-state index contributed by atoms with van der Waals surface area (Å²) in [5.74, 6) is 0.157. The Hall–Kier alpha value is -2.30. The van der Waals surface area contributed by atoms with Crippen LogP contribution in [0.2, 0.25) is 0 Å². The maximum atomic E-state index is 11.8. The van der Waals surface area contributed by atoms with Crippen molar-refractivity contribution in [2.45, 2.75) is 26.4 Å². The molecule has 0 unspecified atom stereocenters. The van der Waals surface area contributed by atoms with Crippen LogP contribution in [0.4, 0.5) is 4.79 Å². The van der Waals surface area contributed by atoms with Crippen molar-refractivity contribution in [3.63, 3.8) is 0 Å². The molecular weight excluding hydrogens is 244 g/mol.